The summed E-state index contributed by atoms with van der Waals surface area (Å²) in [6.07, 6.45) is 0.992. The molecule has 1 fully saturated rings. The van der Waals surface area contributed by atoms with Crippen molar-refractivity contribution in [2.75, 3.05) is 6.61 Å². The van der Waals surface area contributed by atoms with Crippen molar-refractivity contribution in [3.05, 3.63) is 0 Å². The van der Waals surface area contributed by atoms with Crippen molar-refractivity contribution in [2.45, 2.75) is 26.1 Å². The summed E-state index contributed by atoms with van der Waals surface area (Å²) in [5.41, 5.74) is 0. The first-order chi connectivity index (χ1) is 3.80. The summed E-state index contributed by atoms with van der Waals surface area (Å²) in [6.45, 7) is 2.48. The van der Waals surface area contributed by atoms with Gasteiger partial charge in [-0.2, -0.15) is 0 Å². The first-order valence-electron chi connectivity index (χ1n) is 3.06. The quantitative estimate of drug-likeness (QED) is 0.470. The molecular weight excluding hydrogens is 107 g/mol. The molecule has 0 aromatic carbocycles. The topological polar surface area (TPSA) is 9.23 Å². The van der Waals surface area contributed by atoms with Crippen LogP contribution in [0.5, 0.6) is 0 Å². The van der Waals surface area contributed by atoms with E-state index in [9.17, 15) is 4.39 Å². The van der Waals surface area contributed by atoms with Gasteiger partial charge in [0.1, 0.15) is 0 Å². The maximum absolute atomic E-state index is 12.4. The molecule has 0 unspecified atom stereocenters. The Morgan fingerprint density at radius 2 is 2.38 bits per heavy atom. The standard InChI is InChI=1S/C6H11FO/c1-5-3-2-4-8-6(5)7/h5-6H,2-4H2,1H3/t5-,6+/m0/s1. The van der Waals surface area contributed by atoms with Crippen LogP contribution in [0, 0.1) is 5.92 Å². The lowest BCUT2D eigenvalue weighted by Gasteiger charge is -2.21. The van der Waals surface area contributed by atoms with E-state index in [4.69, 9.17) is 4.74 Å². The van der Waals surface area contributed by atoms with Gasteiger partial charge in [-0.3, -0.25) is 0 Å². The van der Waals surface area contributed by atoms with Crippen LogP contribution >= 0.6 is 0 Å². The van der Waals surface area contributed by atoms with Gasteiger partial charge in [-0.05, 0) is 12.8 Å². The minimum atomic E-state index is -0.997. The zero-order chi connectivity index (χ0) is 5.98. The first-order valence-corrected chi connectivity index (χ1v) is 3.06. The minimum absolute atomic E-state index is 0.115. The summed E-state index contributed by atoms with van der Waals surface area (Å²) in [5.74, 6) is 0.115. The summed E-state index contributed by atoms with van der Waals surface area (Å²) in [7, 11) is 0. The molecule has 1 aliphatic heterocycles. The summed E-state index contributed by atoms with van der Waals surface area (Å²) >= 11 is 0. The Balaban J connectivity index is 2.28. The molecule has 0 aromatic heterocycles. The Hall–Kier alpha value is -0.110. The van der Waals surface area contributed by atoms with Crippen LogP contribution in [-0.4, -0.2) is 13.0 Å². The van der Waals surface area contributed by atoms with Crippen molar-refractivity contribution in [2.24, 2.45) is 5.92 Å². The SMILES string of the molecule is C[C@H]1CCCO[C@H]1F. The van der Waals surface area contributed by atoms with E-state index in [2.05, 4.69) is 0 Å². The molecule has 1 aliphatic rings. The number of hydrogen-bond acceptors (Lipinski definition) is 1. The molecule has 1 heterocycles. The third-order valence-electron chi connectivity index (χ3n) is 1.53. The van der Waals surface area contributed by atoms with Crippen LogP contribution in [0.4, 0.5) is 4.39 Å². The molecule has 48 valence electrons. The minimum Gasteiger partial charge on any atom is -0.348 e. The smallest absolute Gasteiger partial charge is 0.201 e. The Morgan fingerprint density at radius 3 is 2.75 bits per heavy atom. The van der Waals surface area contributed by atoms with Gasteiger partial charge < -0.3 is 4.74 Å². The van der Waals surface area contributed by atoms with Crippen LogP contribution in [0.15, 0.2) is 0 Å². The number of alkyl halides is 1. The molecular formula is C6H11FO. The van der Waals surface area contributed by atoms with Gasteiger partial charge in [-0.15, -0.1) is 0 Å². The van der Waals surface area contributed by atoms with Gasteiger partial charge in [0.2, 0.25) is 6.36 Å². The van der Waals surface area contributed by atoms with E-state index >= 15 is 0 Å². The monoisotopic (exact) mass is 118 g/mol. The Labute approximate surface area is 48.8 Å². The molecule has 2 heteroatoms. The average Bonchev–Trinajstić information content (AvgIpc) is 1.77. The van der Waals surface area contributed by atoms with Gasteiger partial charge in [-0.25, -0.2) is 4.39 Å². The molecule has 0 N–H and O–H groups in total. The second kappa shape index (κ2) is 2.44. The van der Waals surface area contributed by atoms with Crippen molar-refractivity contribution in [3.8, 4) is 0 Å². The van der Waals surface area contributed by atoms with Crippen molar-refractivity contribution in [1.29, 1.82) is 0 Å². The summed E-state index contributed by atoms with van der Waals surface area (Å²) in [5, 5.41) is 0. The average molecular weight is 118 g/mol. The van der Waals surface area contributed by atoms with Crippen LogP contribution in [-0.2, 0) is 4.74 Å². The molecule has 1 nitrogen and oxygen atoms in total. The molecule has 1 rings (SSSR count). The van der Waals surface area contributed by atoms with Gasteiger partial charge in [0.25, 0.3) is 0 Å². The molecule has 1 saturated heterocycles. The molecule has 0 spiro atoms. The fourth-order valence-electron chi connectivity index (χ4n) is 0.897. The highest BCUT2D eigenvalue weighted by Crippen LogP contribution is 2.20. The number of ether oxygens (including phenoxy) is 1. The molecule has 0 aromatic rings. The molecule has 0 bridgehead atoms. The lowest BCUT2D eigenvalue weighted by Crippen LogP contribution is -2.22. The second-order valence-corrected chi connectivity index (χ2v) is 2.34. The predicted octanol–water partition coefficient (Wildman–Crippen LogP) is 1.73. The maximum atomic E-state index is 12.4. The number of hydrogen-bond donors (Lipinski definition) is 0. The van der Waals surface area contributed by atoms with E-state index < -0.39 is 6.36 Å². The summed E-state index contributed by atoms with van der Waals surface area (Å²) < 4.78 is 17.1. The van der Waals surface area contributed by atoms with Crippen LogP contribution in [0.1, 0.15) is 19.8 Å². The highest BCUT2D eigenvalue weighted by molar-refractivity contribution is 4.60. The normalized spacial score (nSPS) is 39.8. The predicted molar refractivity (Wildman–Crippen MR) is 29.2 cm³/mol. The third-order valence-corrected chi connectivity index (χ3v) is 1.53. The van der Waals surface area contributed by atoms with Gasteiger partial charge in [0, 0.05) is 5.92 Å². The highest BCUT2D eigenvalue weighted by Gasteiger charge is 2.20. The molecule has 0 radical (unpaired) electrons. The van der Waals surface area contributed by atoms with E-state index in [-0.39, 0.29) is 5.92 Å². The van der Waals surface area contributed by atoms with Gasteiger partial charge in [-0.1, -0.05) is 6.92 Å². The Kier molecular flexibility index (Phi) is 1.84. The Morgan fingerprint density at radius 1 is 1.62 bits per heavy atom. The van der Waals surface area contributed by atoms with Gasteiger partial charge >= 0.3 is 0 Å². The summed E-state index contributed by atoms with van der Waals surface area (Å²) in [4.78, 5) is 0. The first kappa shape index (κ1) is 6.02. The number of halogens is 1. The lowest BCUT2D eigenvalue weighted by molar-refractivity contribution is -0.101. The molecule has 2 atom stereocenters. The zero-order valence-corrected chi connectivity index (χ0v) is 5.06. The largest absolute Gasteiger partial charge is 0.348 e. The summed E-state index contributed by atoms with van der Waals surface area (Å²) in [6, 6.07) is 0. The molecule has 8 heavy (non-hydrogen) atoms. The van der Waals surface area contributed by atoms with E-state index in [0.717, 1.165) is 12.8 Å². The number of rotatable bonds is 0. The fourth-order valence-corrected chi connectivity index (χ4v) is 0.897. The van der Waals surface area contributed by atoms with Crippen molar-refractivity contribution in [3.63, 3.8) is 0 Å². The molecule has 0 saturated carbocycles. The molecule has 0 aliphatic carbocycles. The fraction of sp³-hybridized carbons (Fsp3) is 1.00. The van der Waals surface area contributed by atoms with Crippen molar-refractivity contribution in [1.82, 2.24) is 0 Å². The third kappa shape index (κ3) is 1.19. The van der Waals surface area contributed by atoms with Crippen LogP contribution in [0.3, 0.4) is 0 Å². The van der Waals surface area contributed by atoms with Crippen molar-refractivity contribution < 1.29 is 9.13 Å². The van der Waals surface area contributed by atoms with E-state index in [1.807, 2.05) is 6.92 Å². The van der Waals surface area contributed by atoms with E-state index in [1.165, 1.54) is 0 Å². The maximum Gasteiger partial charge on any atom is 0.201 e. The lowest BCUT2D eigenvalue weighted by atomic mass is 10.0. The Bertz CT molecular complexity index is 64.9. The van der Waals surface area contributed by atoms with E-state index in [0.29, 0.717) is 6.61 Å². The molecule has 0 amide bonds. The van der Waals surface area contributed by atoms with Crippen LogP contribution in [0.25, 0.3) is 0 Å². The second-order valence-electron chi connectivity index (χ2n) is 2.34. The van der Waals surface area contributed by atoms with Crippen LogP contribution < -0.4 is 0 Å². The zero-order valence-electron chi connectivity index (χ0n) is 5.06. The van der Waals surface area contributed by atoms with Crippen molar-refractivity contribution >= 4 is 0 Å². The van der Waals surface area contributed by atoms with Crippen LogP contribution in [0.2, 0.25) is 0 Å². The highest BCUT2D eigenvalue weighted by atomic mass is 19.1. The van der Waals surface area contributed by atoms with Gasteiger partial charge in [0.05, 0.1) is 6.61 Å². The van der Waals surface area contributed by atoms with E-state index in [1.54, 1.807) is 0 Å². The van der Waals surface area contributed by atoms with Gasteiger partial charge in [0.15, 0.2) is 0 Å².